The van der Waals surface area contributed by atoms with Crippen LogP contribution in [0.25, 0.3) is 0 Å². The molecule has 0 saturated heterocycles. The van der Waals surface area contributed by atoms with Crippen LogP contribution in [0, 0.1) is 11.8 Å². The van der Waals surface area contributed by atoms with Crippen molar-refractivity contribution in [2.45, 2.75) is 0 Å². The molecule has 0 fully saturated rings. The summed E-state index contributed by atoms with van der Waals surface area (Å²) >= 11 is 0. The van der Waals surface area contributed by atoms with Crippen molar-refractivity contribution < 1.29 is 0 Å². The van der Waals surface area contributed by atoms with Gasteiger partial charge in [0, 0.05) is 40.6 Å². The number of anilines is 3. The maximum Gasteiger partial charge on any atom is 0.0462 e. The lowest BCUT2D eigenvalue weighted by atomic mass is 10.1. The Morgan fingerprint density at radius 1 is 0.481 bits per heavy atom. The zero-order chi connectivity index (χ0) is 18.3. The van der Waals surface area contributed by atoms with Crippen LogP contribution < -0.4 is 4.90 Å². The summed E-state index contributed by atoms with van der Waals surface area (Å²) in [5.41, 5.74) is 5.29. The summed E-state index contributed by atoms with van der Waals surface area (Å²) < 4.78 is 0. The van der Waals surface area contributed by atoms with Crippen LogP contribution in [0.2, 0.25) is 0 Å². The summed E-state index contributed by atoms with van der Waals surface area (Å²) in [6, 6.07) is 32.9. The van der Waals surface area contributed by atoms with E-state index in [4.69, 9.17) is 0 Å². The van der Waals surface area contributed by atoms with Crippen LogP contribution in [-0.4, -0.2) is 4.98 Å². The standard InChI is InChI=1S/C25H18N2/c1-3-7-23(8-4-1)27(24-9-5-2-6-10-24)25-15-13-21(14-16-25)11-12-22-17-19-26-20-18-22/h1-10,13-20H. The van der Waals surface area contributed by atoms with Gasteiger partial charge in [-0.1, -0.05) is 48.2 Å². The summed E-state index contributed by atoms with van der Waals surface area (Å²) in [5, 5.41) is 0. The van der Waals surface area contributed by atoms with Gasteiger partial charge >= 0.3 is 0 Å². The van der Waals surface area contributed by atoms with Gasteiger partial charge in [-0.3, -0.25) is 4.98 Å². The first-order chi connectivity index (χ1) is 13.4. The molecular weight excluding hydrogens is 328 g/mol. The Bertz CT molecular complexity index is 1010. The molecule has 0 spiro atoms. The summed E-state index contributed by atoms with van der Waals surface area (Å²) in [6.45, 7) is 0. The lowest BCUT2D eigenvalue weighted by Crippen LogP contribution is -2.09. The second-order valence-electron chi connectivity index (χ2n) is 6.04. The van der Waals surface area contributed by atoms with E-state index in [2.05, 4.69) is 94.5 Å². The molecule has 1 aromatic heterocycles. The second-order valence-corrected chi connectivity index (χ2v) is 6.04. The van der Waals surface area contributed by atoms with Crippen LogP contribution in [0.5, 0.6) is 0 Å². The largest absolute Gasteiger partial charge is 0.311 e. The smallest absolute Gasteiger partial charge is 0.0462 e. The highest BCUT2D eigenvalue weighted by molar-refractivity contribution is 5.76. The van der Waals surface area contributed by atoms with Crippen LogP contribution in [0.3, 0.4) is 0 Å². The molecule has 0 bridgehead atoms. The van der Waals surface area contributed by atoms with Gasteiger partial charge in [-0.05, 0) is 60.7 Å². The maximum absolute atomic E-state index is 4.02. The molecule has 0 atom stereocenters. The van der Waals surface area contributed by atoms with Gasteiger partial charge in [0.15, 0.2) is 0 Å². The van der Waals surface area contributed by atoms with Crippen molar-refractivity contribution in [2.24, 2.45) is 0 Å². The molecule has 4 aromatic rings. The minimum atomic E-state index is 0.962. The topological polar surface area (TPSA) is 16.1 Å². The molecule has 0 aliphatic carbocycles. The first-order valence-electron chi connectivity index (χ1n) is 8.82. The lowest BCUT2D eigenvalue weighted by molar-refractivity contribution is 1.28. The zero-order valence-electron chi connectivity index (χ0n) is 14.8. The quantitative estimate of drug-likeness (QED) is 0.426. The van der Waals surface area contributed by atoms with Crippen molar-refractivity contribution in [2.75, 3.05) is 4.90 Å². The van der Waals surface area contributed by atoms with Gasteiger partial charge < -0.3 is 4.90 Å². The highest BCUT2D eigenvalue weighted by atomic mass is 15.1. The van der Waals surface area contributed by atoms with E-state index in [0.29, 0.717) is 0 Å². The number of aromatic nitrogens is 1. The van der Waals surface area contributed by atoms with Crippen molar-refractivity contribution in [3.63, 3.8) is 0 Å². The molecule has 2 heteroatoms. The predicted octanol–water partition coefficient (Wildman–Crippen LogP) is 5.95. The predicted molar refractivity (Wildman–Crippen MR) is 111 cm³/mol. The highest BCUT2D eigenvalue weighted by Gasteiger charge is 2.11. The van der Waals surface area contributed by atoms with Crippen LogP contribution >= 0.6 is 0 Å². The number of hydrogen-bond donors (Lipinski definition) is 0. The second kappa shape index (κ2) is 8.03. The fraction of sp³-hybridized carbons (Fsp3) is 0. The normalized spacial score (nSPS) is 9.93. The van der Waals surface area contributed by atoms with Gasteiger partial charge in [0.2, 0.25) is 0 Å². The van der Waals surface area contributed by atoms with E-state index in [0.717, 1.165) is 28.2 Å². The molecule has 128 valence electrons. The third kappa shape index (κ3) is 4.05. The van der Waals surface area contributed by atoms with E-state index >= 15 is 0 Å². The Hall–Kier alpha value is -3.83. The molecule has 0 aliphatic heterocycles. The summed E-state index contributed by atoms with van der Waals surface area (Å²) in [4.78, 5) is 6.25. The van der Waals surface area contributed by atoms with E-state index in [1.54, 1.807) is 12.4 Å². The van der Waals surface area contributed by atoms with Gasteiger partial charge in [0.25, 0.3) is 0 Å². The Balaban J connectivity index is 1.67. The molecule has 0 aliphatic rings. The molecule has 0 radical (unpaired) electrons. The van der Waals surface area contributed by atoms with Crippen molar-refractivity contribution in [3.8, 4) is 11.8 Å². The number of nitrogens with zero attached hydrogens (tertiary/aromatic N) is 2. The molecular formula is C25H18N2. The number of benzene rings is 3. The van der Waals surface area contributed by atoms with Crippen LogP contribution in [0.4, 0.5) is 17.1 Å². The van der Waals surface area contributed by atoms with Crippen LogP contribution in [-0.2, 0) is 0 Å². The zero-order valence-corrected chi connectivity index (χ0v) is 14.8. The first-order valence-corrected chi connectivity index (χ1v) is 8.82. The SMILES string of the molecule is C(#Cc1ccc(N(c2ccccc2)c2ccccc2)cc1)c1ccncc1. The molecule has 0 amide bonds. The first kappa shape index (κ1) is 16.6. The van der Waals surface area contributed by atoms with Crippen LogP contribution in [0.1, 0.15) is 11.1 Å². The Morgan fingerprint density at radius 3 is 1.44 bits per heavy atom. The number of rotatable bonds is 3. The van der Waals surface area contributed by atoms with E-state index in [1.807, 2.05) is 24.3 Å². The Kier molecular flexibility index (Phi) is 4.95. The minimum absolute atomic E-state index is 0.962. The number of pyridine rings is 1. The molecule has 0 N–H and O–H groups in total. The average Bonchev–Trinajstić information content (AvgIpc) is 2.76. The molecule has 3 aromatic carbocycles. The number of para-hydroxylation sites is 2. The third-order valence-corrected chi connectivity index (χ3v) is 4.19. The van der Waals surface area contributed by atoms with E-state index < -0.39 is 0 Å². The number of hydrogen-bond acceptors (Lipinski definition) is 2. The Morgan fingerprint density at radius 2 is 0.926 bits per heavy atom. The molecule has 0 saturated carbocycles. The van der Waals surface area contributed by atoms with Crippen molar-refractivity contribution in [1.29, 1.82) is 0 Å². The molecule has 1 heterocycles. The third-order valence-electron chi connectivity index (χ3n) is 4.19. The molecule has 27 heavy (non-hydrogen) atoms. The van der Waals surface area contributed by atoms with Crippen molar-refractivity contribution >= 4 is 17.1 Å². The van der Waals surface area contributed by atoms with E-state index in [9.17, 15) is 0 Å². The van der Waals surface area contributed by atoms with Crippen molar-refractivity contribution in [1.82, 2.24) is 4.98 Å². The lowest BCUT2D eigenvalue weighted by Gasteiger charge is -2.25. The van der Waals surface area contributed by atoms with Gasteiger partial charge in [-0.2, -0.15) is 0 Å². The minimum Gasteiger partial charge on any atom is -0.311 e. The monoisotopic (exact) mass is 346 g/mol. The summed E-state index contributed by atoms with van der Waals surface area (Å²) in [5.74, 6) is 6.38. The van der Waals surface area contributed by atoms with E-state index in [-0.39, 0.29) is 0 Å². The van der Waals surface area contributed by atoms with Gasteiger partial charge in [0.05, 0.1) is 0 Å². The summed E-state index contributed by atoms with van der Waals surface area (Å²) in [6.07, 6.45) is 3.51. The average molecular weight is 346 g/mol. The van der Waals surface area contributed by atoms with Crippen LogP contribution in [0.15, 0.2) is 109 Å². The van der Waals surface area contributed by atoms with Crippen molar-refractivity contribution in [3.05, 3.63) is 121 Å². The van der Waals surface area contributed by atoms with Gasteiger partial charge in [0.1, 0.15) is 0 Å². The Labute approximate surface area is 159 Å². The maximum atomic E-state index is 4.02. The molecule has 0 unspecified atom stereocenters. The van der Waals surface area contributed by atoms with E-state index in [1.165, 1.54) is 0 Å². The van der Waals surface area contributed by atoms with Gasteiger partial charge in [-0.15, -0.1) is 0 Å². The summed E-state index contributed by atoms with van der Waals surface area (Å²) in [7, 11) is 0. The molecule has 4 rings (SSSR count). The fourth-order valence-corrected chi connectivity index (χ4v) is 2.87. The highest BCUT2D eigenvalue weighted by Crippen LogP contribution is 2.33. The molecule has 2 nitrogen and oxygen atoms in total. The fourth-order valence-electron chi connectivity index (χ4n) is 2.87. The van der Waals surface area contributed by atoms with Gasteiger partial charge in [-0.25, -0.2) is 0 Å².